The SMILES string of the molecule is Cc1c(C2CCNCC2)c2ccccc2n1C. The number of aryl methyl sites for hydroxylation is 1. The molecule has 1 aromatic carbocycles. The van der Waals surface area contributed by atoms with Crippen LogP contribution in [-0.2, 0) is 7.05 Å². The minimum absolute atomic E-state index is 0.738. The van der Waals surface area contributed by atoms with Crippen LogP contribution >= 0.6 is 0 Å². The van der Waals surface area contributed by atoms with E-state index in [0.717, 1.165) is 19.0 Å². The van der Waals surface area contributed by atoms with Gasteiger partial charge in [-0.05, 0) is 50.4 Å². The van der Waals surface area contributed by atoms with Crippen molar-refractivity contribution in [1.29, 1.82) is 0 Å². The first-order valence-electron chi connectivity index (χ1n) is 6.53. The molecule has 1 aliphatic rings. The Balaban J connectivity index is 2.17. The Morgan fingerprint density at radius 3 is 2.65 bits per heavy atom. The number of para-hydroxylation sites is 1. The summed E-state index contributed by atoms with van der Waals surface area (Å²) in [6.07, 6.45) is 2.55. The number of benzene rings is 1. The number of piperidine rings is 1. The van der Waals surface area contributed by atoms with E-state index in [9.17, 15) is 0 Å². The lowest BCUT2D eigenvalue weighted by molar-refractivity contribution is 0.460. The Labute approximate surface area is 103 Å². The van der Waals surface area contributed by atoms with Crippen molar-refractivity contribution < 1.29 is 0 Å². The maximum absolute atomic E-state index is 3.45. The van der Waals surface area contributed by atoms with Crippen molar-refractivity contribution in [2.75, 3.05) is 13.1 Å². The molecule has 1 aromatic heterocycles. The monoisotopic (exact) mass is 228 g/mol. The maximum atomic E-state index is 3.45. The zero-order chi connectivity index (χ0) is 11.8. The second kappa shape index (κ2) is 4.19. The van der Waals surface area contributed by atoms with E-state index >= 15 is 0 Å². The van der Waals surface area contributed by atoms with E-state index < -0.39 is 0 Å². The van der Waals surface area contributed by atoms with Crippen LogP contribution < -0.4 is 5.32 Å². The van der Waals surface area contributed by atoms with Gasteiger partial charge in [0.05, 0.1) is 0 Å². The van der Waals surface area contributed by atoms with Gasteiger partial charge in [-0.15, -0.1) is 0 Å². The van der Waals surface area contributed by atoms with Crippen LogP contribution in [0.3, 0.4) is 0 Å². The molecule has 0 radical (unpaired) electrons. The molecule has 3 rings (SSSR count). The average Bonchev–Trinajstić information content (AvgIpc) is 2.64. The first kappa shape index (κ1) is 10.8. The Kier molecular flexibility index (Phi) is 2.67. The van der Waals surface area contributed by atoms with Gasteiger partial charge < -0.3 is 9.88 Å². The van der Waals surface area contributed by atoms with Crippen molar-refractivity contribution in [2.24, 2.45) is 7.05 Å². The largest absolute Gasteiger partial charge is 0.348 e. The predicted molar refractivity (Wildman–Crippen MR) is 72.5 cm³/mol. The lowest BCUT2D eigenvalue weighted by Crippen LogP contribution is -2.26. The Bertz CT molecular complexity index is 533. The molecular weight excluding hydrogens is 208 g/mol. The number of nitrogens with one attached hydrogen (secondary N) is 1. The van der Waals surface area contributed by atoms with Gasteiger partial charge >= 0.3 is 0 Å². The number of aromatic nitrogens is 1. The van der Waals surface area contributed by atoms with Crippen molar-refractivity contribution in [3.8, 4) is 0 Å². The smallest absolute Gasteiger partial charge is 0.0482 e. The van der Waals surface area contributed by atoms with Gasteiger partial charge in [0.15, 0.2) is 0 Å². The van der Waals surface area contributed by atoms with Crippen molar-refractivity contribution in [3.05, 3.63) is 35.5 Å². The summed E-state index contributed by atoms with van der Waals surface area (Å²) in [6, 6.07) is 8.80. The van der Waals surface area contributed by atoms with Crippen molar-refractivity contribution in [3.63, 3.8) is 0 Å². The van der Waals surface area contributed by atoms with Gasteiger partial charge in [-0.3, -0.25) is 0 Å². The molecule has 0 unspecified atom stereocenters. The number of hydrogen-bond donors (Lipinski definition) is 1. The van der Waals surface area contributed by atoms with Crippen molar-refractivity contribution >= 4 is 10.9 Å². The van der Waals surface area contributed by atoms with E-state index in [1.165, 1.54) is 29.4 Å². The molecule has 0 aliphatic carbocycles. The van der Waals surface area contributed by atoms with Gasteiger partial charge in [0.25, 0.3) is 0 Å². The van der Waals surface area contributed by atoms with Gasteiger partial charge in [-0.1, -0.05) is 18.2 Å². The highest BCUT2D eigenvalue weighted by Crippen LogP contribution is 2.35. The van der Waals surface area contributed by atoms with Crippen molar-refractivity contribution in [2.45, 2.75) is 25.7 Å². The summed E-state index contributed by atoms with van der Waals surface area (Å²) in [4.78, 5) is 0. The Morgan fingerprint density at radius 1 is 1.18 bits per heavy atom. The van der Waals surface area contributed by atoms with Crippen LogP contribution in [0.15, 0.2) is 24.3 Å². The molecular formula is C15H20N2. The molecule has 1 fully saturated rings. The molecule has 2 nitrogen and oxygen atoms in total. The molecule has 2 aromatic rings. The van der Waals surface area contributed by atoms with Gasteiger partial charge in [-0.2, -0.15) is 0 Å². The van der Waals surface area contributed by atoms with Crippen LogP contribution in [0, 0.1) is 6.92 Å². The molecule has 1 saturated heterocycles. The molecule has 0 atom stereocenters. The Morgan fingerprint density at radius 2 is 1.88 bits per heavy atom. The molecule has 90 valence electrons. The first-order valence-corrected chi connectivity index (χ1v) is 6.53. The number of nitrogens with zero attached hydrogens (tertiary/aromatic N) is 1. The zero-order valence-corrected chi connectivity index (χ0v) is 10.7. The van der Waals surface area contributed by atoms with E-state index in [2.05, 4.69) is 48.1 Å². The molecule has 1 aliphatic heterocycles. The van der Waals surface area contributed by atoms with Crippen LogP contribution in [0.5, 0.6) is 0 Å². The standard InChI is InChI=1S/C15H20N2/c1-11-15(12-7-9-16-10-8-12)13-5-3-4-6-14(13)17(11)2/h3-6,12,16H,7-10H2,1-2H3. The average molecular weight is 228 g/mol. The van der Waals surface area contributed by atoms with Gasteiger partial charge in [0.1, 0.15) is 0 Å². The number of hydrogen-bond acceptors (Lipinski definition) is 1. The van der Waals surface area contributed by atoms with E-state index in [4.69, 9.17) is 0 Å². The third-order valence-corrected chi connectivity index (χ3v) is 4.20. The first-order chi connectivity index (χ1) is 8.29. The lowest BCUT2D eigenvalue weighted by Gasteiger charge is -2.23. The van der Waals surface area contributed by atoms with E-state index in [-0.39, 0.29) is 0 Å². The fraction of sp³-hybridized carbons (Fsp3) is 0.467. The molecule has 17 heavy (non-hydrogen) atoms. The Hall–Kier alpha value is -1.28. The summed E-state index contributed by atoms with van der Waals surface area (Å²) in [6.45, 7) is 4.58. The fourth-order valence-corrected chi connectivity index (χ4v) is 3.18. The summed E-state index contributed by atoms with van der Waals surface area (Å²) in [5.74, 6) is 0.738. The maximum Gasteiger partial charge on any atom is 0.0482 e. The third kappa shape index (κ3) is 1.67. The normalized spacial score (nSPS) is 17.8. The van der Waals surface area contributed by atoms with Crippen LogP contribution in [0.25, 0.3) is 10.9 Å². The summed E-state index contributed by atoms with van der Waals surface area (Å²) in [7, 11) is 2.18. The highest BCUT2D eigenvalue weighted by molar-refractivity contribution is 5.86. The predicted octanol–water partition coefficient (Wildman–Crippen LogP) is 2.95. The minimum atomic E-state index is 0.738. The van der Waals surface area contributed by atoms with Crippen molar-refractivity contribution in [1.82, 2.24) is 9.88 Å². The third-order valence-electron chi connectivity index (χ3n) is 4.20. The molecule has 0 spiro atoms. The molecule has 1 N–H and O–H groups in total. The molecule has 2 heterocycles. The molecule has 0 bridgehead atoms. The van der Waals surface area contributed by atoms with Gasteiger partial charge in [0.2, 0.25) is 0 Å². The van der Waals surface area contributed by atoms with E-state index in [0.29, 0.717) is 0 Å². The zero-order valence-electron chi connectivity index (χ0n) is 10.7. The second-order valence-electron chi connectivity index (χ2n) is 5.10. The number of fused-ring (bicyclic) bond motifs is 1. The fourth-order valence-electron chi connectivity index (χ4n) is 3.18. The highest BCUT2D eigenvalue weighted by atomic mass is 14.9. The van der Waals surface area contributed by atoms with Gasteiger partial charge in [0, 0.05) is 23.6 Å². The summed E-state index contributed by atoms with van der Waals surface area (Å²) in [5, 5.41) is 4.91. The number of rotatable bonds is 1. The molecule has 0 amide bonds. The molecule has 0 saturated carbocycles. The van der Waals surface area contributed by atoms with Crippen LogP contribution in [0.4, 0.5) is 0 Å². The highest BCUT2D eigenvalue weighted by Gasteiger charge is 2.21. The van der Waals surface area contributed by atoms with E-state index in [1.54, 1.807) is 5.56 Å². The van der Waals surface area contributed by atoms with Crippen LogP contribution in [0.2, 0.25) is 0 Å². The minimum Gasteiger partial charge on any atom is -0.348 e. The molecule has 2 heteroatoms. The van der Waals surface area contributed by atoms with Crippen LogP contribution in [0.1, 0.15) is 30.0 Å². The summed E-state index contributed by atoms with van der Waals surface area (Å²) < 4.78 is 2.34. The van der Waals surface area contributed by atoms with Gasteiger partial charge in [-0.25, -0.2) is 0 Å². The van der Waals surface area contributed by atoms with E-state index in [1.807, 2.05) is 0 Å². The quantitative estimate of drug-likeness (QED) is 0.794. The second-order valence-corrected chi connectivity index (χ2v) is 5.10. The summed E-state index contributed by atoms with van der Waals surface area (Å²) in [5.41, 5.74) is 4.40. The topological polar surface area (TPSA) is 17.0 Å². The lowest BCUT2D eigenvalue weighted by atomic mass is 9.88. The van der Waals surface area contributed by atoms with Crippen LogP contribution in [-0.4, -0.2) is 17.7 Å². The summed E-state index contributed by atoms with van der Waals surface area (Å²) >= 11 is 0.